The smallest absolute Gasteiger partial charge is 0.338 e. The van der Waals surface area contributed by atoms with Crippen molar-refractivity contribution in [3.8, 4) is 0 Å². The lowest BCUT2D eigenvalue weighted by Gasteiger charge is -2.15. The number of aliphatic hydroxyl groups excluding tert-OH is 1. The van der Waals surface area contributed by atoms with Crippen molar-refractivity contribution in [3.63, 3.8) is 0 Å². The first-order valence-electron chi connectivity index (χ1n) is 7.75. The summed E-state index contributed by atoms with van der Waals surface area (Å²) in [6.45, 7) is 1.59. The number of fused-ring (bicyclic) bond motifs is 1. The van der Waals surface area contributed by atoms with Crippen LogP contribution in [-0.2, 0) is 23.0 Å². The summed E-state index contributed by atoms with van der Waals surface area (Å²) < 4.78 is 28.0. The highest BCUT2D eigenvalue weighted by molar-refractivity contribution is 7.91. The molecule has 0 saturated carbocycles. The number of hydrogen-bond donors (Lipinski definition) is 4. The highest BCUT2D eigenvalue weighted by atomic mass is 32.2. The van der Waals surface area contributed by atoms with Crippen LogP contribution in [0.4, 0.5) is 0 Å². The number of nitrogens with one attached hydrogen (secondary N) is 2. The zero-order valence-electron chi connectivity index (χ0n) is 13.3. The van der Waals surface area contributed by atoms with E-state index in [9.17, 15) is 23.4 Å². The largest absolute Gasteiger partial charge is 0.478 e. The van der Waals surface area contributed by atoms with Gasteiger partial charge in [-0.2, -0.15) is 0 Å². The predicted molar refractivity (Wildman–Crippen MR) is 88.9 cm³/mol. The number of hydrogen-bond acceptors (Lipinski definition) is 7. The highest BCUT2D eigenvalue weighted by Gasteiger charge is 2.36. The minimum Gasteiger partial charge on any atom is -0.478 e. The second-order valence-electron chi connectivity index (χ2n) is 6.23. The van der Waals surface area contributed by atoms with E-state index >= 15 is 0 Å². The first-order chi connectivity index (χ1) is 11.3. The molecule has 1 aromatic rings. The van der Waals surface area contributed by atoms with E-state index in [4.69, 9.17) is 0 Å². The van der Waals surface area contributed by atoms with Crippen molar-refractivity contribution in [2.45, 2.75) is 35.7 Å². The number of rotatable bonds is 5. The van der Waals surface area contributed by atoms with Crippen LogP contribution in [0.3, 0.4) is 0 Å². The van der Waals surface area contributed by atoms with E-state index in [2.05, 4.69) is 10.0 Å². The molecular formula is C14H21N3O5S2. The summed E-state index contributed by atoms with van der Waals surface area (Å²) in [7, 11) is -2.09. The lowest BCUT2D eigenvalue weighted by Crippen LogP contribution is -2.36. The quantitative estimate of drug-likeness (QED) is 0.544. The van der Waals surface area contributed by atoms with E-state index in [1.165, 1.54) is 0 Å². The fourth-order valence-corrected chi connectivity index (χ4v) is 6.49. The standard InChI is InChI=1S/C14H21N3O5S2/c1-17-6-8(4-9(17)7-18)16-24(21,22)14-12(13(19)20)10-2-3-15-5-11(10)23-14/h8-9,15-16,18H,2-7H2,1H3,(H,19,20)/t8-,9+/m1/s1. The van der Waals surface area contributed by atoms with Crippen LogP contribution in [0.1, 0.15) is 27.2 Å². The van der Waals surface area contributed by atoms with E-state index < -0.39 is 16.0 Å². The normalized spacial score (nSPS) is 24.9. The Balaban J connectivity index is 1.90. The Morgan fingerprint density at radius 2 is 2.25 bits per heavy atom. The van der Waals surface area contributed by atoms with E-state index in [0.717, 1.165) is 16.2 Å². The number of thiophene rings is 1. The van der Waals surface area contributed by atoms with E-state index in [1.54, 1.807) is 0 Å². The van der Waals surface area contributed by atoms with Crippen LogP contribution in [0.2, 0.25) is 0 Å². The highest BCUT2D eigenvalue weighted by Crippen LogP contribution is 2.34. The van der Waals surface area contributed by atoms with Crippen molar-refractivity contribution in [2.24, 2.45) is 0 Å². The van der Waals surface area contributed by atoms with Gasteiger partial charge in [-0.25, -0.2) is 17.9 Å². The first-order valence-corrected chi connectivity index (χ1v) is 10.1. The Morgan fingerprint density at radius 1 is 1.50 bits per heavy atom. The maximum Gasteiger partial charge on any atom is 0.338 e. The van der Waals surface area contributed by atoms with Crippen LogP contribution in [0.5, 0.6) is 0 Å². The molecule has 1 fully saturated rings. The predicted octanol–water partition coefficient (Wildman–Crippen LogP) is -0.565. The van der Waals surface area contributed by atoms with Crippen molar-refractivity contribution in [1.82, 2.24) is 14.9 Å². The number of sulfonamides is 1. The number of likely N-dealkylation sites (N-methyl/N-ethyl adjacent to an activating group) is 1. The third-order valence-electron chi connectivity index (χ3n) is 4.57. The molecule has 8 nitrogen and oxygen atoms in total. The fourth-order valence-electron chi connectivity index (χ4n) is 3.37. The third kappa shape index (κ3) is 3.22. The van der Waals surface area contributed by atoms with E-state index in [0.29, 0.717) is 38.0 Å². The molecule has 0 bridgehead atoms. The Labute approximate surface area is 144 Å². The molecule has 1 aromatic heterocycles. The Morgan fingerprint density at radius 3 is 2.88 bits per heavy atom. The minimum atomic E-state index is -3.92. The van der Waals surface area contributed by atoms with Gasteiger partial charge in [0, 0.05) is 30.1 Å². The van der Waals surface area contributed by atoms with Crippen molar-refractivity contribution >= 4 is 27.3 Å². The summed E-state index contributed by atoms with van der Waals surface area (Å²) in [6.07, 6.45) is 1.02. The molecule has 3 rings (SSSR count). The summed E-state index contributed by atoms with van der Waals surface area (Å²) in [5.74, 6) is -1.20. The monoisotopic (exact) mass is 375 g/mol. The lowest BCUT2D eigenvalue weighted by molar-refractivity contribution is 0.0692. The van der Waals surface area contributed by atoms with Crippen molar-refractivity contribution in [3.05, 3.63) is 16.0 Å². The van der Waals surface area contributed by atoms with Crippen LogP contribution in [0, 0.1) is 0 Å². The molecule has 2 aliphatic heterocycles. The molecule has 2 aliphatic rings. The summed E-state index contributed by atoms with van der Waals surface area (Å²) in [5.41, 5.74) is 0.539. The molecule has 0 aromatic carbocycles. The van der Waals surface area contributed by atoms with Gasteiger partial charge in [0.15, 0.2) is 0 Å². The average molecular weight is 375 g/mol. The first kappa shape index (κ1) is 17.8. The number of aromatic carboxylic acids is 1. The fraction of sp³-hybridized carbons (Fsp3) is 0.643. The summed E-state index contributed by atoms with van der Waals surface area (Å²) >= 11 is 1.03. The van der Waals surface area contributed by atoms with Gasteiger partial charge in [0.25, 0.3) is 10.0 Å². The van der Waals surface area contributed by atoms with Crippen LogP contribution < -0.4 is 10.0 Å². The second kappa shape index (κ2) is 6.70. The maximum atomic E-state index is 12.8. The molecule has 0 amide bonds. The number of carbonyl (C=O) groups is 1. The summed E-state index contributed by atoms with van der Waals surface area (Å²) in [5, 5.41) is 21.9. The second-order valence-corrected chi connectivity index (χ2v) is 9.24. The number of aliphatic hydroxyl groups is 1. The molecule has 3 heterocycles. The Hall–Kier alpha value is -1.04. The zero-order chi connectivity index (χ0) is 17.5. The number of nitrogens with zero attached hydrogens (tertiary/aromatic N) is 1. The Kier molecular flexibility index (Phi) is 4.96. The van der Waals surface area contributed by atoms with Gasteiger partial charge in [-0.3, -0.25) is 4.90 Å². The average Bonchev–Trinajstić information content (AvgIpc) is 3.07. The minimum absolute atomic E-state index is 0.0337. The molecule has 1 saturated heterocycles. The van der Waals surface area contributed by atoms with Crippen molar-refractivity contribution in [2.75, 3.05) is 26.7 Å². The van der Waals surface area contributed by atoms with Gasteiger partial charge < -0.3 is 15.5 Å². The third-order valence-corrected chi connectivity index (χ3v) is 7.85. The molecule has 10 heteroatoms. The summed E-state index contributed by atoms with van der Waals surface area (Å²) in [6, 6.07) is -0.423. The number of likely N-dealkylation sites (tertiary alicyclic amines) is 1. The molecule has 0 radical (unpaired) electrons. The van der Waals surface area contributed by atoms with Gasteiger partial charge in [-0.15, -0.1) is 11.3 Å². The van der Waals surface area contributed by atoms with Crippen LogP contribution in [0.15, 0.2) is 4.21 Å². The van der Waals surface area contributed by atoms with Crippen LogP contribution in [-0.4, -0.2) is 68.3 Å². The summed E-state index contributed by atoms with van der Waals surface area (Å²) in [4.78, 5) is 14.3. The molecule has 0 aliphatic carbocycles. The van der Waals surface area contributed by atoms with Gasteiger partial charge in [-0.1, -0.05) is 0 Å². The molecule has 0 unspecified atom stereocenters. The van der Waals surface area contributed by atoms with Gasteiger partial charge in [0.05, 0.1) is 12.2 Å². The molecular weight excluding hydrogens is 354 g/mol. The number of carboxylic acids is 1. The molecule has 134 valence electrons. The van der Waals surface area contributed by atoms with Crippen LogP contribution in [0.25, 0.3) is 0 Å². The van der Waals surface area contributed by atoms with E-state index in [1.807, 2.05) is 11.9 Å². The zero-order valence-corrected chi connectivity index (χ0v) is 14.9. The molecule has 24 heavy (non-hydrogen) atoms. The molecule has 4 N–H and O–H groups in total. The topological polar surface area (TPSA) is 119 Å². The van der Waals surface area contributed by atoms with Gasteiger partial charge in [0.1, 0.15) is 4.21 Å². The maximum absolute atomic E-state index is 12.8. The van der Waals surface area contributed by atoms with Gasteiger partial charge in [0.2, 0.25) is 0 Å². The van der Waals surface area contributed by atoms with Crippen molar-refractivity contribution in [1.29, 1.82) is 0 Å². The number of carboxylic acid groups (broad SMARTS) is 1. The van der Waals surface area contributed by atoms with E-state index in [-0.39, 0.29) is 28.5 Å². The van der Waals surface area contributed by atoms with Gasteiger partial charge in [-0.05, 0) is 32.0 Å². The van der Waals surface area contributed by atoms with Crippen LogP contribution >= 0.6 is 11.3 Å². The van der Waals surface area contributed by atoms with Crippen molar-refractivity contribution < 1.29 is 23.4 Å². The SMILES string of the molecule is CN1C[C@H](NS(=O)(=O)c2sc3c(c2C(=O)O)CCNC3)C[C@H]1CO. The van der Waals surface area contributed by atoms with Gasteiger partial charge >= 0.3 is 5.97 Å². The lowest BCUT2D eigenvalue weighted by atomic mass is 10.1. The molecule has 2 atom stereocenters. The Bertz CT molecular complexity index is 746. The molecule has 0 spiro atoms.